The van der Waals surface area contributed by atoms with E-state index in [1.165, 1.54) is 61.9 Å². The second-order valence-corrected chi connectivity index (χ2v) is 8.36. The number of anilines is 3. The molecule has 9 heteroatoms. The molecule has 182 valence electrons. The summed E-state index contributed by atoms with van der Waals surface area (Å²) < 4.78 is 13.5. The first-order valence-corrected chi connectivity index (χ1v) is 11.8. The van der Waals surface area contributed by atoms with Crippen LogP contribution in [-0.2, 0) is 4.79 Å². The lowest BCUT2D eigenvalue weighted by Gasteiger charge is -2.14. The van der Waals surface area contributed by atoms with Crippen LogP contribution < -0.4 is 16.0 Å². The molecule has 7 nitrogen and oxygen atoms in total. The Balaban J connectivity index is 1.77. The molecule has 0 fully saturated rings. The van der Waals surface area contributed by atoms with Crippen molar-refractivity contribution in [1.29, 1.82) is 5.26 Å². The van der Waals surface area contributed by atoms with Crippen LogP contribution in [0.2, 0.25) is 5.02 Å². The number of benzene rings is 2. The van der Waals surface area contributed by atoms with Crippen molar-refractivity contribution in [3.63, 3.8) is 0 Å². The van der Waals surface area contributed by atoms with E-state index in [1.807, 2.05) is 0 Å². The number of fused-ring (bicyclic) bond motifs is 1. The zero-order valence-electron chi connectivity index (χ0n) is 19.4. The Morgan fingerprint density at radius 3 is 2.83 bits per heavy atom. The highest BCUT2D eigenvalue weighted by Gasteiger charge is 2.14. The minimum atomic E-state index is -0.563. The Kier molecular flexibility index (Phi) is 9.41. The number of hydrogen-bond acceptors (Lipinski definition) is 6. The lowest BCUT2D eigenvalue weighted by molar-refractivity contribution is -0.111. The van der Waals surface area contributed by atoms with Crippen LogP contribution in [0, 0.1) is 17.1 Å². The van der Waals surface area contributed by atoms with Crippen molar-refractivity contribution < 1.29 is 14.3 Å². The van der Waals surface area contributed by atoms with Crippen LogP contribution in [0.3, 0.4) is 0 Å². The van der Waals surface area contributed by atoms with Crippen molar-refractivity contribution in [3.8, 4) is 11.8 Å². The number of phenolic OH excluding ortho intramolecular Hbond substituents is 1. The van der Waals surface area contributed by atoms with Gasteiger partial charge in [-0.2, -0.15) is 5.26 Å². The van der Waals surface area contributed by atoms with E-state index in [0.29, 0.717) is 28.8 Å². The Labute approximate surface area is 208 Å². The molecular formula is C26H27ClFN5O2. The maximum absolute atomic E-state index is 13.5. The van der Waals surface area contributed by atoms with E-state index >= 15 is 0 Å². The number of carbonyl (C=O) groups is 1. The van der Waals surface area contributed by atoms with Gasteiger partial charge in [0.25, 0.3) is 0 Å². The van der Waals surface area contributed by atoms with Gasteiger partial charge in [-0.1, -0.05) is 43.9 Å². The first kappa shape index (κ1) is 25.9. The minimum Gasteiger partial charge on any atom is -0.506 e. The number of aromatic hydroxyl groups is 1. The molecule has 0 aliphatic heterocycles. The number of amides is 1. The summed E-state index contributed by atoms with van der Waals surface area (Å²) in [7, 11) is 0. The van der Waals surface area contributed by atoms with Gasteiger partial charge in [0.15, 0.2) is 0 Å². The fourth-order valence-electron chi connectivity index (χ4n) is 3.47. The first-order chi connectivity index (χ1) is 16.9. The van der Waals surface area contributed by atoms with E-state index < -0.39 is 11.7 Å². The molecule has 0 bridgehead atoms. The Hall–Kier alpha value is -3.67. The summed E-state index contributed by atoms with van der Waals surface area (Å²) >= 11 is 5.88. The van der Waals surface area contributed by atoms with Gasteiger partial charge >= 0.3 is 0 Å². The summed E-state index contributed by atoms with van der Waals surface area (Å²) in [5.41, 5.74) is 1.64. The maximum atomic E-state index is 13.5. The quantitative estimate of drug-likeness (QED) is 0.147. The predicted molar refractivity (Wildman–Crippen MR) is 138 cm³/mol. The van der Waals surface area contributed by atoms with Gasteiger partial charge in [0.05, 0.1) is 27.5 Å². The standard InChI is InChI=1S/C26H27ClFN5O2/c1-2-3-4-5-10-30-11-6-7-25(35)33-23-13-19-22(14-24(23)34)31-16-17(15-29)26(19)32-18-8-9-21(28)20(27)12-18/h6-9,12-14,16,30,34H,2-5,10-11H2,1H3,(H,31,32)(H,33,35)/b7-6+. The molecule has 4 N–H and O–H groups in total. The molecule has 1 amide bonds. The number of unbranched alkanes of at least 4 members (excludes halogenated alkanes) is 3. The predicted octanol–water partition coefficient (Wildman–Crippen LogP) is 6.01. The van der Waals surface area contributed by atoms with Gasteiger partial charge in [-0.05, 0) is 37.2 Å². The van der Waals surface area contributed by atoms with Crippen molar-refractivity contribution in [2.24, 2.45) is 0 Å². The second-order valence-electron chi connectivity index (χ2n) is 7.96. The summed E-state index contributed by atoms with van der Waals surface area (Å²) in [5.74, 6) is -1.13. The molecule has 0 aliphatic carbocycles. The average Bonchev–Trinajstić information content (AvgIpc) is 2.84. The third kappa shape index (κ3) is 7.15. The fraction of sp³-hybridized carbons (Fsp3) is 0.269. The number of rotatable bonds is 11. The van der Waals surface area contributed by atoms with E-state index in [0.717, 1.165) is 13.0 Å². The highest BCUT2D eigenvalue weighted by atomic mass is 35.5. The van der Waals surface area contributed by atoms with Crippen molar-refractivity contribution in [2.45, 2.75) is 32.6 Å². The summed E-state index contributed by atoms with van der Waals surface area (Å²) in [4.78, 5) is 16.6. The normalized spacial score (nSPS) is 11.0. The van der Waals surface area contributed by atoms with Crippen molar-refractivity contribution in [1.82, 2.24) is 10.3 Å². The van der Waals surface area contributed by atoms with Crippen LogP contribution in [0.5, 0.6) is 5.75 Å². The highest BCUT2D eigenvalue weighted by molar-refractivity contribution is 6.31. The van der Waals surface area contributed by atoms with Crippen LogP contribution in [-0.4, -0.2) is 29.1 Å². The number of carbonyl (C=O) groups excluding carboxylic acids is 1. The molecule has 0 atom stereocenters. The van der Waals surface area contributed by atoms with Gasteiger partial charge in [0, 0.05) is 36.0 Å². The summed E-state index contributed by atoms with van der Waals surface area (Å²) in [6, 6.07) is 9.09. The Morgan fingerprint density at radius 2 is 2.09 bits per heavy atom. The topological polar surface area (TPSA) is 110 Å². The van der Waals surface area contributed by atoms with Gasteiger partial charge in [0.1, 0.15) is 17.6 Å². The van der Waals surface area contributed by atoms with Gasteiger partial charge in [-0.25, -0.2) is 4.39 Å². The van der Waals surface area contributed by atoms with Gasteiger partial charge in [-0.15, -0.1) is 0 Å². The minimum absolute atomic E-state index is 0.0697. The number of nitrogens with zero attached hydrogens (tertiary/aromatic N) is 2. The van der Waals surface area contributed by atoms with E-state index in [-0.39, 0.29) is 22.0 Å². The summed E-state index contributed by atoms with van der Waals surface area (Å²) in [5, 5.41) is 29.4. The molecular weight excluding hydrogens is 469 g/mol. The lowest BCUT2D eigenvalue weighted by Crippen LogP contribution is -2.16. The summed E-state index contributed by atoms with van der Waals surface area (Å²) in [6.45, 7) is 3.62. The monoisotopic (exact) mass is 495 g/mol. The van der Waals surface area contributed by atoms with Crippen molar-refractivity contribution >= 4 is 45.5 Å². The van der Waals surface area contributed by atoms with Gasteiger partial charge in [0.2, 0.25) is 5.91 Å². The largest absolute Gasteiger partial charge is 0.506 e. The molecule has 35 heavy (non-hydrogen) atoms. The van der Waals surface area contributed by atoms with Crippen LogP contribution in [0.25, 0.3) is 10.9 Å². The number of aromatic nitrogens is 1. The molecule has 0 unspecified atom stereocenters. The molecule has 2 aromatic carbocycles. The third-order valence-corrected chi connectivity index (χ3v) is 5.58. The van der Waals surface area contributed by atoms with Crippen LogP contribution >= 0.6 is 11.6 Å². The number of halogens is 2. The summed E-state index contributed by atoms with van der Waals surface area (Å²) in [6.07, 6.45) is 9.16. The molecule has 3 aromatic rings. The van der Waals surface area contributed by atoms with Crippen LogP contribution in [0.1, 0.15) is 38.2 Å². The zero-order valence-corrected chi connectivity index (χ0v) is 20.1. The van der Waals surface area contributed by atoms with Crippen molar-refractivity contribution in [2.75, 3.05) is 23.7 Å². The first-order valence-electron chi connectivity index (χ1n) is 11.4. The fourth-order valence-corrected chi connectivity index (χ4v) is 3.65. The molecule has 0 saturated heterocycles. The molecule has 0 saturated carbocycles. The number of hydrogen-bond donors (Lipinski definition) is 4. The smallest absolute Gasteiger partial charge is 0.248 e. The van der Waals surface area contributed by atoms with Crippen molar-refractivity contribution in [3.05, 3.63) is 65.1 Å². The average molecular weight is 496 g/mol. The van der Waals surface area contributed by atoms with Gasteiger partial charge in [-0.3, -0.25) is 9.78 Å². The second kappa shape index (κ2) is 12.7. The van der Waals surface area contributed by atoms with E-state index in [1.54, 1.807) is 6.08 Å². The number of nitriles is 1. The Morgan fingerprint density at radius 1 is 1.26 bits per heavy atom. The molecule has 0 aliphatic rings. The zero-order chi connectivity index (χ0) is 25.2. The highest BCUT2D eigenvalue weighted by Crippen LogP contribution is 2.35. The van der Waals surface area contributed by atoms with E-state index in [4.69, 9.17) is 11.6 Å². The molecule has 3 rings (SSSR count). The molecule has 1 heterocycles. The van der Waals surface area contributed by atoms with Crippen LogP contribution in [0.4, 0.5) is 21.5 Å². The van der Waals surface area contributed by atoms with Crippen LogP contribution in [0.15, 0.2) is 48.7 Å². The molecule has 1 aromatic heterocycles. The number of pyridine rings is 1. The lowest BCUT2D eigenvalue weighted by atomic mass is 10.1. The molecule has 0 radical (unpaired) electrons. The SMILES string of the molecule is CCCCCCNC/C=C/C(=O)Nc1cc2c(Nc3ccc(F)c(Cl)c3)c(C#N)cnc2cc1O. The Bertz CT molecular complexity index is 1270. The van der Waals surface area contributed by atoms with Gasteiger partial charge < -0.3 is 21.1 Å². The maximum Gasteiger partial charge on any atom is 0.248 e. The van der Waals surface area contributed by atoms with E-state index in [2.05, 4.69) is 33.9 Å². The van der Waals surface area contributed by atoms with E-state index in [9.17, 15) is 19.6 Å². The third-order valence-electron chi connectivity index (χ3n) is 5.29. The number of phenols is 1. The number of nitrogens with one attached hydrogen (secondary N) is 3. The molecule has 0 spiro atoms.